The summed E-state index contributed by atoms with van der Waals surface area (Å²) >= 11 is 0. The van der Waals surface area contributed by atoms with Crippen LogP contribution in [0, 0.1) is 63.2 Å². The second-order valence-electron chi connectivity index (χ2n) is 22.7. The topological polar surface area (TPSA) is 24.3 Å². The smallest absolute Gasteiger partial charge is 0.135 e. The number of hydrogen-bond donors (Lipinski definition) is 0. The zero-order valence-electron chi connectivity index (χ0n) is 43.4. The Morgan fingerprint density at radius 3 is 1.80 bits per heavy atom. The summed E-state index contributed by atoms with van der Waals surface area (Å²) in [6.07, 6.45) is 8.85. The molecule has 5 aliphatic rings. The van der Waals surface area contributed by atoms with Gasteiger partial charge in [0.25, 0.3) is 0 Å². The van der Waals surface area contributed by atoms with Gasteiger partial charge in [0.15, 0.2) is 0 Å². The van der Waals surface area contributed by atoms with Crippen molar-refractivity contribution < 1.29 is 21.1 Å². The predicted molar refractivity (Wildman–Crippen MR) is 306 cm³/mol. The summed E-state index contributed by atoms with van der Waals surface area (Å²) in [5, 5.41) is 2.41. The number of rotatable bonds is 9. The van der Waals surface area contributed by atoms with Crippen LogP contribution in [-0.2, 0) is 31.9 Å². The zero-order valence-corrected chi connectivity index (χ0v) is 45.7. The van der Waals surface area contributed by atoms with Crippen LogP contribution in [0.2, 0.25) is 0 Å². The molecule has 4 nitrogen and oxygen atoms in total. The van der Waals surface area contributed by atoms with Crippen molar-refractivity contribution in [2.75, 3.05) is 9.80 Å². The fourth-order valence-electron chi connectivity index (χ4n) is 14.7. The third kappa shape index (κ3) is 7.52. The molecule has 3 heterocycles. The number of fused-ring (bicyclic) bond motifs is 4. The molecule has 0 saturated heterocycles. The molecular formula is C70H61N4Pt-3. The molecule has 2 aromatic heterocycles. The number of anilines is 4. The maximum absolute atomic E-state index is 5.29. The van der Waals surface area contributed by atoms with Crippen molar-refractivity contribution in [3.63, 3.8) is 0 Å². The van der Waals surface area contributed by atoms with E-state index in [4.69, 9.17) is 4.98 Å². The van der Waals surface area contributed by atoms with Gasteiger partial charge in [-0.15, -0.1) is 17.7 Å². The Hall–Kier alpha value is -7.00. The fourth-order valence-corrected chi connectivity index (χ4v) is 14.7. The Morgan fingerprint density at radius 2 is 1.13 bits per heavy atom. The molecule has 5 heteroatoms. The van der Waals surface area contributed by atoms with E-state index in [-0.39, 0.29) is 26.5 Å². The Bertz CT molecular complexity index is 3700. The zero-order chi connectivity index (χ0) is 49.9. The molecule has 15 rings (SSSR count). The van der Waals surface area contributed by atoms with Crippen molar-refractivity contribution >= 4 is 44.6 Å². The molecule has 75 heavy (non-hydrogen) atoms. The molecule has 8 aromatic carbocycles. The minimum atomic E-state index is -0.453. The fraction of sp³-hybridized carbons (Fsp3) is 0.229. The normalized spacial score (nSPS) is 20.7. The van der Waals surface area contributed by atoms with Crippen LogP contribution >= 0.6 is 0 Å². The van der Waals surface area contributed by atoms with Crippen LogP contribution in [0.1, 0.15) is 84.9 Å². The molecule has 374 valence electrons. The van der Waals surface area contributed by atoms with Gasteiger partial charge >= 0.3 is 0 Å². The van der Waals surface area contributed by atoms with Gasteiger partial charge in [-0.3, -0.25) is 0 Å². The second-order valence-corrected chi connectivity index (χ2v) is 22.7. The summed E-state index contributed by atoms with van der Waals surface area (Å²) < 4.78 is 2.41. The van der Waals surface area contributed by atoms with Gasteiger partial charge < -0.3 is 14.4 Å². The van der Waals surface area contributed by atoms with E-state index in [1.54, 1.807) is 0 Å². The first-order valence-corrected chi connectivity index (χ1v) is 27.0. The van der Waals surface area contributed by atoms with E-state index >= 15 is 0 Å². The maximum atomic E-state index is 5.29. The van der Waals surface area contributed by atoms with Crippen LogP contribution in [0.3, 0.4) is 0 Å². The van der Waals surface area contributed by atoms with Gasteiger partial charge in [0, 0.05) is 66.4 Å². The minimum Gasteiger partial charge on any atom is -0.493 e. The van der Waals surface area contributed by atoms with Crippen LogP contribution in [0.5, 0.6) is 0 Å². The first-order chi connectivity index (χ1) is 36.1. The van der Waals surface area contributed by atoms with E-state index in [1.807, 2.05) is 0 Å². The van der Waals surface area contributed by atoms with E-state index < -0.39 is 5.41 Å². The summed E-state index contributed by atoms with van der Waals surface area (Å²) in [6, 6.07) is 75.1. The molecule has 0 N–H and O–H groups in total. The van der Waals surface area contributed by atoms with Crippen molar-refractivity contribution in [2.24, 2.45) is 23.7 Å². The average molecular weight is 1150 g/mol. The molecule has 4 fully saturated rings. The SMILES string of the molecule is Cc1cc(C2(c3ccnc(-n4c5[c-]c(C(C)(C)c6[c-]c(N7[CH-]N(c8c(-c9ccccc9)cccc8-c8ccccc8)c8ccccc87)ccc6)ccc5c5ccccc54)c3)C3CC4CC(C3)CC2C4)cc(C)c1C.[Pt]. The van der Waals surface area contributed by atoms with Crippen molar-refractivity contribution in [1.82, 2.24) is 9.55 Å². The molecular weight excluding hydrogens is 1090 g/mol. The van der Waals surface area contributed by atoms with E-state index in [0.717, 1.165) is 62.6 Å². The van der Waals surface area contributed by atoms with E-state index in [9.17, 15) is 0 Å². The van der Waals surface area contributed by atoms with Crippen LogP contribution in [0.15, 0.2) is 188 Å². The predicted octanol–water partition coefficient (Wildman–Crippen LogP) is 17.5. The summed E-state index contributed by atoms with van der Waals surface area (Å²) in [4.78, 5) is 9.98. The summed E-state index contributed by atoms with van der Waals surface area (Å²) in [7, 11) is 0. The van der Waals surface area contributed by atoms with Crippen molar-refractivity contribution in [2.45, 2.75) is 77.6 Å². The molecule has 4 saturated carbocycles. The third-order valence-corrected chi connectivity index (χ3v) is 18.3. The molecule has 0 amide bonds. The van der Waals surface area contributed by atoms with E-state index in [1.165, 1.54) is 92.9 Å². The Labute approximate surface area is 457 Å². The number of benzene rings is 8. The van der Waals surface area contributed by atoms with Crippen molar-refractivity contribution in [1.29, 1.82) is 0 Å². The number of aromatic nitrogens is 2. The minimum absolute atomic E-state index is 0. The molecule has 1 aliphatic heterocycles. The van der Waals surface area contributed by atoms with Gasteiger partial charge in [-0.05, 0) is 157 Å². The molecule has 0 radical (unpaired) electrons. The van der Waals surface area contributed by atoms with Crippen LogP contribution < -0.4 is 9.80 Å². The second kappa shape index (κ2) is 18.4. The number of para-hydroxylation sites is 4. The van der Waals surface area contributed by atoms with Crippen LogP contribution in [-0.4, -0.2) is 9.55 Å². The third-order valence-electron chi connectivity index (χ3n) is 18.3. The van der Waals surface area contributed by atoms with Gasteiger partial charge in [-0.1, -0.05) is 141 Å². The molecule has 4 bridgehead atoms. The van der Waals surface area contributed by atoms with Crippen molar-refractivity contribution in [3.8, 4) is 28.1 Å². The van der Waals surface area contributed by atoms with Gasteiger partial charge in [-0.25, -0.2) is 4.98 Å². The number of aryl methyl sites for hydroxylation is 2. The number of hydrogen-bond acceptors (Lipinski definition) is 3. The molecule has 0 unspecified atom stereocenters. The van der Waals surface area contributed by atoms with E-state index in [2.05, 4.69) is 256 Å². The molecule has 0 atom stereocenters. The molecule has 10 aromatic rings. The van der Waals surface area contributed by atoms with Crippen LogP contribution in [0.4, 0.5) is 22.7 Å². The Kier molecular flexibility index (Phi) is 11.7. The van der Waals surface area contributed by atoms with Gasteiger partial charge in [0.1, 0.15) is 5.82 Å². The molecule has 4 aliphatic carbocycles. The molecule has 0 spiro atoms. The Balaban J connectivity index is 0.00000541. The number of pyridine rings is 1. The first kappa shape index (κ1) is 47.7. The first-order valence-electron chi connectivity index (χ1n) is 27.0. The van der Waals surface area contributed by atoms with Crippen molar-refractivity contribution in [3.05, 3.63) is 246 Å². The Morgan fingerprint density at radius 1 is 0.547 bits per heavy atom. The van der Waals surface area contributed by atoms with Gasteiger partial charge in [0.2, 0.25) is 0 Å². The average Bonchev–Trinajstić information content (AvgIpc) is 4.07. The monoisotopic (exact) mass is 1150 g/mol. The van der Waals surface area contributed by atoms with E-state index in [0.29, 0.717) is 11.8 Å². The number of nitrogens with zero attached hydrogens (tertiary/aromatic N) is 4. The largest absolute Gasteiger partial charge is 0.493 e. The maximum Gasteiger partial charge on any atom is 0.135 e. The van der Waals surface area contributed by atoms with Gasteiger partial charge in [-0.2, -0.15) is 53.6 Å². The standard InChI is InChI=1S/C70H61N4.Pt/c1-45-34-55(35-46(2)47(45)3)70(56-37-48-36-49(39-56)40-57(70)38-48)54-32-33-71-67(43-54)74-63-27-13-12-24-61(63)62-31-30-53(42-66(62)74)69(4,5)52-22-16-23-58(41-52)72-44-73(65-29-15-14-28-64(65)72)68-59(50-18-8-6-9-19-50)25-17-26-60(68)51-20-10-7-11-21-51;/h6-35,43-44,48-49,56-57H,36-40H2,1-5H3;/q-3;. The summed E-state index contributed by atoms with van der Waals surface area (Å²) in [6.45, 7) is 13.8. The van der Waals surface area contributed by atoms with Gasteiger partial charge in [0.05, 0.1) is 0 Å². The quantitative estimate of drug-likeness (QED) is 0.135. The summed E-state index contributed by atoms with van der Waals surface area (Å²) in [5.74, 6) is 3.96. The van der Waals surface area contributed by atoms with Crippen LogP contribution in [0.25, 0.3) is 49.9 Å². The summed E-state index contributed by atoms with van der Waals surface area (Å²) in [5.41, 5.74) is 20.2.